The number of aliphatic carboxylic acids is 1. The van der Waals surface area contributed by atoms with E-state index in [0.29, 0.717) is 11.1 Å². The first-order valence-electron chi connectivity index (χ1n) is 23.9. The maximum Gasteiger partial charge on any atom is 0.328 e. The van der Waals surface area contributed by atoms with Gasteiger partial charge < -0.3 is 89.3 Å². The second kappa shape index (κ2) is 31.4. The fourth-order valence-electron chi connectivity index (χ4n) is 7.10. The third-order valence-electron chi connectivity index (χ3n) is 11.3. The van der Waals surface area contributed by atoms with E-state index < -0.39 is 158 Å². The number of benzene rings is 2. The number of carboxylic acid groups (broad SMARTS) is 1. The van der Waals surface area contributed by atoms with Crippen molar-refractivity contribution in [3.05, 3.63) is 65.7 Å². The van der Waals surface area contributed by atoms with Gasteiger partial charge in [0.15, 0.2) is 0 Å². The van der Waals surface area contributed by atoms with Gasteiger partial charge in [-0.25, -0.2) is 4.79 Å². The summed E-state index contributed by atoms with van der Waals surface area (Å²) in [5.41, 5.74) is 6.40. The van der Waals surface area contributed by atoms with Crippen molar-refractivity contribution in [1.29, 1.82) is 0 Å². The summed E-state index contributed by atoms with van der Waals surface area (Å²) in [5, 5.41) is 91.1. The first-order valence-corrected chi connectivity index (χ1v) is 23.9. The maximum absolute atomic E-state index is 13.9. The van der Waals surface area contributed by atoms with E-state index in [1.807, 2.05) is 0 Å². The molecule has 11 atom stereocenters. The number of hydrogen-bond acceptors (Lipinski definition) is 17. The number of nitrogens with two attached hydrogens (primary N) is 1. The molecular weight excluding hydrogens is 989 g/mol. The quantitative estimate of drug-likeness (QED) is 0.0334. The Bertz CT molecular complexity index is 2250. The number of aliphatic hydroxyl groups is 5. The van der Waals surface area contributed by atoms with E-state index in [-0.39, 0.29) is 30.9 Å². The molecule has 0 aromatic heterocycles. The minimum Gasteiger partial charge on any atom is -0.508 e. The van der Waals surface area contributed by atoms with Crippen molar-refractivity contribution in [2.75, 3.05) is 26.4 Å². The maximum atomic E-state index is 13.9. The molecule has 2 aromatic carbocycles. The number of phenols is 1. The average molecular weight is 1060 g/mol. The number of carbonyl (C=O) groups is 10. The van der Waals surface area contributed by atoms with Gasteiger partial charge in [-0.15, -0.1) is 0 Å². The highest BCUT2D eigenvalue weighted by Gasteiger charge is 2.38. The molecule has 9 amide bonds. The van der Waals surface area contributed by atoms with Crippen LogP contribution in [-0.2, 0) is 60.8 Å². The highest BCUT2D eigenvalue weighted by atomic mass is 16.4. The van der Waals surface area contributed by atoms with Crippen molar-refractivity contribution in [3.63, 3.8) is 0 Å². The first kappa shape index (κ1) is 63.8. The summed E-state index contributed by atoms with van der Waals surface area (Å²) in [7, 11) is 0. The lowest BCUT2D eigenvalue weighted by molar-refractivity contribution is -0.143. The van der Waals surface area contributed by atoms with Gasteiger partial charge in [0.25, 0.3) is 0 Å². The zero-order valence-electron chi connectivity index (χ0n) is 42.4. The number of nitrogens with one attached hydrogen (secondary N) is 9. The van der Waals surface area contributed by atoms with E-state index in [4.69, 9.17) is 5.73 Å². The predicted molar refractivity (Wildman–Crippen MR) is 265 cm³/mol. The molecule has 0 radical (unpaired) electrons. The van der Waals surface area contributed by atoms with E-state index in [1.165, 1.54) is 38.1 Å². The van der Waals surface area contributed by atoms with Gasteiger partial charge in [-0.2, -0.15) is 0 Å². The van der Waals surface area contributed by atoms with E-state index in [2.05, 4.69) is 47.9 Å². The fraction of sp³-hybridized carbons (Fsp3) is 0.542. The molecule has 0 heterocycles. The van der Waals surface area contributed by atoms with Crippen LogP contribution in [0, 0.1) is 11.8 Å². The minimum atomic E-state index is -1.93. The van der Waals surface area contributed by atoms with E-state index in [1.54, 1.807) is 44.2 Å². The molecule has 75 heavy (non-hydrogen) atoms. The molecule has 0 spiro atoms. The van der Waals surface area contributed by atoms with E-state index in [0.717, 1.165) is 13.8 Å². The Morgan fingerprint density at radius 3 is 1.25 bits per heavy atom. The smallest absolute Gasteiger partial charge is 0.328 e. The van der Waals surface area contributed by atoms with Gasteiger partial charge in [-0.05, 0) is 55.4 Å². The lowest BCUT2D eigenvalue weighted by Gasteiger charge is -2.30. The zero-order valence-corrected chi connectivity index (χ0v) is 42.4. The number of rotatable bonds is 31. The third kappa shape index (κ3) is 21.2. The molecule has 27 nitrogen and oxygen atoms in total. The molecule has 2 aromatic rings. The number of carbonyl (C=O) groups excluding carboxylic acids is 9. The van der Waals surface area contributed by atoms with Gasteiger partial charge in [0.05, 0.1) is 38.6 Å². The van der Waals surface area contributed by atoms with Gasteiger partial charge >= 0.3 is 5.97 Å². The molecule has 0 aliphatic carbocycles. The van der Waals surface area contributed by atoms with Crippen LogP contribution in [0.2, 0.25) is 0 Å². The number of aromatic hydroxyl groups is 1. The summed E-state index contributed by atoms with van der Waals surface area (Å²) >= 11 is 0. The van der Waals surface area contributed by atoms with Crippen molar-refractivity contribution in [3.8, 4) is 5.75 Å². The summed E-state index contributed by atoms with van der Waals surface area (Å²) in [5.74, 6) is -12.1. The van der Waals surface area contributed by atoms with Crippen molar-refractivity contribution < 1.29 is 83.7 Å². The molecule has 2 rings (SSSR count). The Hall–Kier alpha value is -7.30. The number of amides is 9. The van der Waals surface area contributed by atoms with Crippen molar-refractivity contribution in [1.82, 2.24) is 47.9 Å². The van der Waals surface area contributed by atoms with Crippen LogP contribution in [0.15, 0.2) is 54.6 Å². The molecular formula is C48H72N10O17. The van der Waals surface area contributed by atoms with Crippen molar-refractivity contribution in [2.45, 2.75) is 127 Å². The average Bonchev–Trinajstić information content (AvgIpc) is 3.35. The van der Waals surface area contributed by atoms with Crippen LogP contribution in [-0.4, -0.2) is 188 Å². The number of phenolic OH excluding ortho intramolecular Hbond substituents is 1. The summed E-state index contributed by atoms with van der Waals surface area (Å²) in [6.07, 6.45) is -3.93. The molecule has 0 aliphatic rings. The lowest BCUT2D eigenvalue weighted by Crippen LogP contribution is -2.64. The Labute approximate surface area is 432 Å². The summed E-state index contributed by atoms with van der Waals surface area (Å²) in [6.45, 7) is 5.10. The van der Waals surface area contributed by atoms with Crippen LogP contribution in [0.4, 0.5) is 0 Å². The van der Waals surface area contributed by atoms with Crippen LogP contribution in [0.25, 0.3) is 0 Å². The normalized spacial score (nSPS) is 15.6. The molecule has 0 aliphatic heterocycles. The monoisotopic (exact) mass is 1060 g/mol. The Kier molecular flexibility index (Phi) is 26.7. The van der Waals surface area contributed by atoms with Gasteiger partial charge in [-0.1, -0.05) is 70.2 Å². The second-order valence-corrected chi connectivity index (χ2v) is 18.4. The van der Waals surface area contributed by atoms with Crippen LogP contribution < -0.4 is 53.6 Å². The largest absolute Gasteiger partial charge is 0.508 e. The summed E-state index contributed by atoms with van der Waals surface area (Å²) in [4.78, 5) is 132. The molecule has 27 heteroatoms. The van der Waals surface area contributed by atoms with Crippen LogP contribution in [0.1, 0.15) is 59.1 Å². The topological polar surface area (TPSA) is 447 Å². The minimum absolute atomic E-state index is 0.0185. The standard InChI is InChI=1S/C48H72N10O17/c1-23(2)16-30(51-43(69)33(20-59)53-40(66)31(50-36(65)19-49)17-27-10-8-7-9-11-27)42(68)57-39(26(6)63)47(73)58-38(25(5)62)46(72)52-32(18-28-12-14-29(64)15-13-28)41(67)54-34(21-60)44(70)56-37(24(3)4)45(71)55-35(22-61)48(74)75/h7-15,23-26,30-35,37-39,59-64H,16-22,49H2,1-6H3,(H,50,65)(H,51,69)(H,52,72)(H,53,66)(H,54,67)(H,55,71)(H,56,70)(H,57,68)(H,58,73)(H,74,75)/t25-,26-,30+,31+,32+,33+,34+,35+,37+,38+,39+/m1/s1. The second-order valence-electron chi connectivity index (χ2n) is 18.4. The Morgan fingerprint density at radius 1 is 0.453 bits per heavy atom. The summed E-state index contributed by atoms with van der Waals surface area (Å²) < 4.78 is 0. The molecule has 18 N–H and O–H groups in total. The van der Waals surface area contributed by atoms with Gasteiger partial charge in [0, 0.05) is 12.8 Å². The first-order chi connectivity index (χ1) is 35.3. The van der Waals surface area contributed by atoms with Crippen molar-refractivity contribution in [2.24, 2.45) is 17.6 Å². The third-order valence-corrected chi connectivity index (χ3v) is 11.3. The van der Waals surface area contributed by atoms with Gasteiger partial charge in [0.2, 0.25) is 53.2 Å². The Balaban J connectivity index is 2.34. The Morgan fingerprint density at radius 2 is 0.813 bits per heavy atom. The molecule has 0 unspecified atom stereocenters. The van der Waals surface area contributed by atoms with Crippen LogP contribution in [0.5, 0.6) is 5.75 Å². The highest BCUT2D eigenvalue weighted by Crippen LogP contribution is 2.14. The van der Waals surface area contributed by atoms with Crippen LogP contribution >= 0.6 is 0 Å². The highest BCUT2D eigenvalue weighted by molar-refractivity contribution is 5.99. The molecule has 0 bridgehead atoms. The van der Waals surface area contributed by atoms with E-state index in [9.17, 15) is 83.7 Å². The molecule has 416 valence electrons. The van der Waals surface area contributed by atoms with E-state index >= 15 is 0 Å². The van der Waals surface area contributed by atoms with Gasteiger partial charge in [0.1, 0.15) is 60.1 Å². The molecule has 0 saturated heterocycles. The summed E-state index contributed by atoms with van der Waals surface area (Å²) in [6, 6.07) is -0.978. The number of carboxylic acids is 1. The number of hydrogen-bond donors (Lipinski definition) is 17. The zero-order chi connectivity index (χ0) is 56.7. The molecule has 0 saturated carbocycles. The van der Waals surface area contributed by atoms with Crippen LogP contribution in [0.3, 0.4) is 0 Å². The predicted octanol–water partition coefficient (Wildman–Crippen LogP) is -5.98. The lowest BCUT2D eigenvalue weighted by atomic mass is 10.0. The van der Waals surface area contributed by atoms with Gasteiger partial charge in [-0.3, -0.25) is 43.2 Å². The number of aliphatic hydroxyl groups excluding tert-OH is 5. The fourth-order valence-corrected chi connectivity index (χ4v) is 7.10. The molecule has 0 fully saturated rings. The SMILES string of the molecule is CC(C)C[C@H](NC(=O)[C@H](CO)NC(=O)[C@H](Cc1ccccc1)NC(=O)CN)C(=O)N[C@H](C(=O)N[C@H](C(=O)N[C@@H](Cc1ccc(O)cc1)C(=O)N[C@@H](CO)C(=O)N[C@H](C(=O)N[C@@H](CO)C(=O)O)C(C)C)[C@@H](C)O)[C@@H](C)O. The van der Waals surface area contributed by atoms with Crippen molar-refractivity contribution >= 4 is 59.1 Å².